The molecule has 2 heterocycles. The molecule has 128 valence electrons. The van der Waals surface area contributed by atoms with Crippen LogP contribution in [0.1, 0.15) is 39.3 Å². The largest absolute Gasteiger partial charge is 0.463 e. The number of rotatable bonds is 5. The lowest BCUT2D eigenvalue weighted by Gasteiger charge is -2.29. The fourth-order valence-corrected chi connectivity index (χ4v) is 2.72. The maximum absolute atomic E-state index is 12.5. The third-order valence-corrected chi connectivity index (χ3v) is 3.64. The quantitative estimate of drug-likeness (QED) is 0.823. The molecule has 0 aliphatic carbocycles. The fourth-order valence-electron chi connectivity index (χ4n) is 2.72. The topological polar surface area (TPSA) is 90.4 Å². The lowest BCUT2D eigenvalue weighted by molar-refractivity contribution is -0.139. The summed E-state index contributed by atoms with van der Waals surface area (Å²) in [5, 5.41) is 11.0. The summed E-state index contributed by atoms with van der Waals surface area (Å²) < 4.78 is 10.3. The highest BCUT2D eigenvalue weighted by Gasteiger charge is 2.38. The van der Waals surface area contributed by atoms with Gasteiger partial charge >= 0.3 is 11.9 Å². The van der Waals surface area contributed by atoms with E-state index in [1.807, 2.05) is 0 Å². The van der Waals surface area contributed by atoms with E-state index in [9.17, 15) is 9.59 Å². The monoisotopic (exact) mass is 331 g/mol. The Bertz CT molecular complexity index is 655. The molecule has 0 aromatic carbocycles. The highest BCUT2D eigenvalue weighted by molar-refractivity contribution is 5.99. The van der Waals surface area contributed by atoms with Crippen molar-refractivity contribution in [3.63, 3.8) is 0 Å². The van der Waals surface area contributed by atoms with Gasteiger partial charge in [0.25, 0.3) is 0 Å². The minimum atomic E-state index is -0.682. The Balaban J connectivity index is 2.59. The molecule has 7 heteroatoms. The lowest BCUT2D eigenvalue weighted by Crippen LogP contribution is -2.33. The first-order valence-electron chi connectivity index (χ1n) is 7.81. The van der Waals surface area contributed by atoms with Gasteiger partial charge in [-0.1, -0.05) is 0 Å². The van der Waals surface area contributed by atoms with Gasteiger partial charge < -0.3 is 14.8 Å². The van der Waals surface area contributed by atoms with Crippen LogP contribution in [0.3, 0.4) is 0 Å². The van der Waals surface area contributed by atoms with Crippen LogP contribution in [-0.2, 0) is 19.1 Å². The Morgan fingerprint density at radius 3 is 2.04 bits per heavy atom. The van der Waals surface area contributed by atoms with Crippen LogP contribution in [0.5, 0.6) is 0 Å². The SMILES string of the molecule is CCOC(=O)C1=C(C)NC(C)=C(C(=O)OCC)C1c1cccnn1. The minimum absolute atomic E-state index is 0.236. The number of nitrogens with zero attached hydrogens (tertiary/aromatic N) is 2. The second-order valence-electron chi connectivity index (χ2n) is 5.22. The molecule has 1 aromatic rings. The van der Waals surface area contributed by atoms with Crippen molar-refractivity contribution in [1.29, 1.82) is 0 Å². The summed E-state index contributed by atoms with van der Waals surface area (Å²) in [6.45, 7) is 7.46. The maximum Gasteiger partial charge on any atom is 0.336 e. The van der Waals surface area contributed by atoms with Gasteiger partial charge in [0.05, 0.1) is 36.0 Å². The van der Waals surface area contributed by atoms with E-state index in [1.165, 1.54) is 6.20 Å². The summed E-state index contributed by atoms with van der Waals surface area (Å²) in [4.78, 5) is 25.0. The standard InChI is InChI=1S/C17H21N3O4/c1-5-23-16(21)13-10(3)19-11(4)14(17(22)24-6-2)15(13)12-8-7-9-18-20-12/h7-9,15,19H,5-6H2,1-4H3. The molecule has 7 nitrogen and oxygen atoms in total. The van der Waals surface area contributed by atoms with Crippen LogP contribution in [0.15, 0.2) is 40.9 Å². The van der Waals surface area contributed by atoms with E-state index in [0.717, 1.165) is 0 Å². The normalized spacial score (nSPS) is 15.2. The second kappa shape index (κ2) is 7.72. The first kappa shape index (κ1) is 17.7. The molecule has 0 amide bonds. The number of carbonyl (C=O) groups is 2. The highest BCUT2D eigenvalue weighted by atomic mass is 16.5. The number of dihydropyridines is 1. The molecule has 0 saturated heterocycles. The number of carbonyl (C=O) groups excluding carboxylic acids is 2. The number of hydrogen-bond donors (Lipinski definition) is 1. The summed E-state index contributed by atoms with van der Waals surface area (Å²) >= 11 is 0. The van der Waals surface area contributed by atoms with Crippen LogP contribution in [0, 0.1) is 0 Å². The van der Waals surface area contributed by atoms with Crippen molar-refractivity contribution in [2.45, 2.75) is 33.6 Å². The number of esters is 2. The molecule has 1 aromatic heterocycles. The molecule has 0 spiro atoms. The molecule has 0 fully saturated rings. The fraction of sp³-hybridized carbons (Fsp3) is 0.412. The average molecular weight is 331 g/mol. The first-order chi connectivity index (χ1) is 11.5. The first-order valence-corrected chi connectivity index (χ1v) is 7.81. The molecule has 0 atom stereocenters. The molecule has 2 rings (SSSR count). The summed E-state index contributed by atoms with van der Waals surface area (Å²) in [6.07, 6.45) is 1.53. The van der Waals surface area contributed by atoms with Gasteiger partial charge in [-0.05, 0) is 39.8 Å². The number of ether oxygens (including phenoxy) is 2. The molecule has 24 heavy (non-hydrogen) atoms. The maximum atomic E-state index is 12.5. The van der Waals surface area contributed by atoms with Crippen molar-refractivity contribution in [1.82, 2.24) is 15.5 Å². The Labute approximate surface area is 140 Å². The summed E-state index contributed by atoms with van der Waals surface area (Å²) in [5.74, 6) is -1.67. The van der Waals surface area contributed by atoms with Gasteiger partial charge in [-0.2, -0.15) is 10.2 Å². The van der Waals surface area contributed by atoms with Crippen molar-refractivity contribution in [3.8, 4) is 0 Å². The smallest absolute Gasteiger partial charge is 0.336 e. The zero-order chi connectivity index (χ0) is 17.7. The van der Waals surface area contributed by atoms with E-state index < -0.39 is 17.9 Å². The van der Waals surface area contributed by atoms with Crippen molar-refractivity contribution in [2.75, 3.05) is 13.2 Å². The van der Waals surface area contributed by atoms with Crippen molar-refractivity contribution < 1.29 is 19.1 Å². The predicted octanol–water partition coefficient (Wildman–Crippen LogP) is 1.84. The number of allylic oxidation sites excluding steroid dienone is 2. The molecule has 1 N–H and O–H groups in total. The van der Waals surface area contributed by atoms with Gasteiger partial charge in [-0.15, -0.1) is 0 Å². The van der Waals surface area contributed by atoms with Crippen LogP contribution >= 0.6 is 0 Å². The molecule has 1 aliphatic heterocycles. The van der Waals surface area contributed by atoms with E-state index in [-0.39, 0.29) is 13.2 Å². The van der Waals surface area contributed by atoms with Crippen molar-refractivity contribution in [3.05, 3.63) is 46.6 Å². The Kier molecular flexibility index (Phi) is 5.68. The van der Waals surface area contributed by atoms with E-state index in [2.05, 4.69) is 15.5 Å². The Morgan fingerprint density at radius 2 is 1.62 bits per heavy atom. The van der Waals surface area contributed by atoms with Crippen LogP contribution in [-0.4, -0.2) is 35.3 Å². The van der Waals surface area contributed by atoms with Crippen LogP contribution in [0.2, 0.25) is 0 Å². The Hall–Kier alpha value is -2.70. The molecule has 0 saturated carbocycles. The molecule has 0 bridgehead atoms. The number of nitrogens with one attached hydrogen (secondary N) is 1. The Morgan fingerprint density at radius 1 is 1.08 bits per heavy atom. The minimum Gasteiger partial charge on any atom is -0.463 e. The van der Waals surface area contributed by atoms with Gasteiger partial charge in [-0.3, -0.25) is 0 Å². The second-order valence-corrected chi connectivity index (χ2v) is 5.22. The van der Waals surface area contributed by atoms with Crippen LogP contribution in [0.25, 0.3) is 0 Å². The van der Waals surface area contributed by atoms with Gasteiger partial charge in [0.2, 0.25) is 0 Å². The van der Waals surface area contributed by atoms with E-state index in [0.29, 0.717) is 28.2 Å². The zero-order valence-corrected chi connectivity index (χ0v) is 14.3. The molecular formula is C17H21N3O4. The molecular weight excluding hydrogens is 310 g/mol. The van der Waals surface area contributed by atoms with E-state index in [4.69, 9.17) is 9.47 Å². The summed E-state index contributed by atoms with van der Waals surface area (Å²) in [7, 11) is 0. The average Bonchev–Trinajstić information content (AvgIpc) is 2.55. The van der Waals surface area contributed by atoms with Crippen LogP contribution < -0.4 is 5.32 Å². The van der Waals surface area contributed by atoms with Gasteiger partial charge in [0, 0.05) is 17.6 Å². The molecule has 1 aliphatic rings. The van der Waals surface area contributed by atoms with E-state index >= 15 is 0 Å². The van der Waals surface area contributed by atoms with Crippen molar-refractivity contribution >= 4 is 11.9 Å². The number of aromatic nitrogens is 2. The van der Waals surface area contributed by atoms with Gasteiger partial charge in [-0.25, -0.2) is 9.59 Å². The van der Waals surface area contributed by atoms with Crippen molar-refractivity contribution in [2.24, 2.45) is 0 Å². The third-order valence-electron chi connectivity index (χ3n) is 3.64. The van der Waals surface area contributed by atoms with Crippen LogP contribution in [0.4, 0.5) is 0 Å². The molecule has 0 unspecified atom stereocenters. The van der Waals surface area contributed by atoms with E-state index in [1.54, 1.807) is 39.8 Å². The lowest BCUT2D eigenvalue weighted by atomic mass is 9.83. The highest BCUT2D eigenvalue weighted by Crippen LogP contribution is 2.38. The number of hydrogen-bond acceptors (Lipinski definition) is 7. The zero-order valence-electron chi connectivity index (χ0n) is 14.3. The third kappa shape index (κ3) is 3.45. The van der Waals surface area contributed by atoms with Gasteiger partial charge in [0.1, 0.15) is 0 Å². The summed E-state index contributed by atoms with van der Waals surface area (Å²) in [5.41, 5.74) is 2.41. The predicted molar refractivity (Wildman–Crippen MR) is 86.6 cm³/mol. The molecule has 0 radical (unpaired) electrons. The summed E-state index contributed by atoms with van der Waals surface area (Å²) in [6, 6.07) is 3.43. The van der Waals surface area contributed by atoms with Gasteiger partial charge in [0.15, 0.2) is 0 Å².